The molecule has 2 aliphatic carbocycles. The number of nitrogens with one attached hydrogen (secondary N) is 1. The second-order valence-electron chi connectivity index (χ2n) is 6.55. The highest BCUT2D eigenvalue weighted by molar-refractivity contribution is 5.45. The highest BCUT2D eigenvalue weighted by atomic mass is 16.5. The van der Waals surface area contributed by atoms with E-state index in [1.807, 2.05) is 0 Å². The molecule has 1 saturated carbocycles. The molecule has 0 spiro atoms. The van der Waals surface area contributed by atoms with Gasteiger partial charge in [0.05, 0.1) is 7.11 Å². The lowest BCUT2D eigenvalue weighted by molar-refractivity contribution is 0.0795. The number of methoxy groups -OCH3 is 1. The lowest BCUT2D eigenvalue weighted by Crippen LogP contribution is -2.59. The molecule has 1 aliphatic heterocycles. The van der Waals surface area contributed by atoms with Crippen LogP contribution in [-0.2, 0) is 11.8 Å². The number of fused-ring (bicyclic) bond motifs is 1. The molecule has 0 radical (unpaired) electrons. The lowest BCUT2D eigenvalue weighted by atomic mass is 9.53. The van der Waals surface area contributed by atoms with Gasteiger partial charge in [-0.1, -0.05) is 18.9 Å². The average molecular weight is 257 g/mol. The molecule has 1 aromatic rings. The number of rotatable bonds is 1. The van der Waals surface area contributed by atoms with E-state index in [0.717, 1.165) is 17.7 Å². The molecule has 1 unspecified atom stereocenters. The fraction of sp³-hybridized carbons (Fsp3) is 0.647. The van der Waals surface area contributed by atoms with Crippen LogP contribution in [0.2, 0.25) is 0 Å². The van der Waals surface area contributed by atoms with E-state index >= 15 is 0 Å². The maximum absolute atomic E-state index is 5.48. The summed E-state index contributed by atoms with van der Waals surface area (Å²) in [5.74, 6) is 1.89. The van der Waals surface area contributed by atoms with Crippen LogP contribution in [0.25, 0.3) is 0 Å². The molecule has 3 aliphatic rings. The minimum Gasteiger partial charge on any atom is -0.497 e. The minimum absolute atomic E-state index is 0.455. The molecule has 1 saturated heterocycles. The van der Waals surface area contributed by atoms with Crippen molar-refractivity contribution in [1.29, 1.82) is 0 Å². The molecular weight excluding hydrogens is 234 g/mol. The monoisotopic (exact) mass is 257 g/mol. The van der Waals surface area contributed by atoms with Gasteiger partial charge in [0.25, 0.3) is 0 Å². The molecule has 102 valence electrons. The third kappa shape index (κ3) is 1.59. The van der Waals surface area contributed by atoms with Crippen LogP contribution in [0.4, 0.5) is 0 Å². The SMILES string of the molecule is COc1ccc2c(c1)[C@@]13CCCCC1[C@@H](C2)NCC3. The molecule has 4 rings (SSSR count). The van der Waals surface area contributed by atoms with Gasteiger partial charge < -0.3 is 10.1 Å². The summed E-state index contributed by atoms with van der Waals surface area (Å²) in [7, 11) is 1.78. The molecule has 0 aromatic heterocycles. The summed E-state index contributed by atoms with van der Waals surface area (Å²) in [6.07, 6.45) is 8.15. The summed E-state index contributed by atoms with van der Waals surface area (Å²) in [5, 5.41) is 3.78. The normalized spacial score (nSPS) is 36.3. The zero-order valence-corrected chi connectivity index (χ0v) is 11.7. The van der Waals surface area contributed by atoms with E-state index in [9.17, 15) is 0 Å². The van der Waals surface area contributed by atoms with Gasteiger partial charge >= 0.3 is 0 Å². The number of piperidine rings is 1. The molecule has 2 fully saturated rings. The van der Waals surface area contributed by atoms with E-state index in [0.29, 0.717) is 5.41 Å². The van der Waals surface area contributed by atoms with Crippen LogP contribution in [0, 0.1) is 5.92 Å². The van der Waals surface area contributed by atoms with Crippen LogP contribution in [0.1, 0.15) is 43.2 Å². The molecular formula is C17H23NO. The molecule has 2 heteroatoms. The van der Waals surface area contributed by atoms with Crippen molar-refractivity contribution in [3.8, 4) is 5.75 Å². The zero-order valence-electron chi connectivity index (χ0n) is 11.7. The Morgan fingerprint density at radius 1 is 1.26 bits per heavy atom. The molecule has 1 N–H and O–H groups in total. The van der Waals surface area contributed by atoms with E-state index in [1.165, 1.54) is 45.1 Å². The third-order valence-corrected chi connectivity index (χ3v) is 5.85. The van der Waals surface area contributed by atoms with Crippen LogP contribution in [0.5, 0.6) is 5.75 Å². The Morgan fingerprint density at radius 3 is 3.11 bits per heavy atom. The Kier molecular flexibility index (Phi) is 2.63. The molecule has 1 aromatic carbocycles. The predicted molar refractivity (Wildman–Crippen MR) is 76.7 cm³/mol. The van der Waals surface area contributed by atoms with Crippen LogP contribution in [0.15, 0.2) is 18.2 Å². The van der Waals surface area contributed by atoms with Gasteiger partial charge in [-0.2, -0.15) is 0 Å². The molecule has 1 heterocycles. The van der Waals surface area contributed by atoms with Gasteiger partial charge in [0.1, 0.15) is 5.75 Å². The third-order valence-electron chi connectivity index (χ3n) is 5.85. The standard InChI is InChI=1S/C17H23NO/c1-19-13-6-5-12-10-16-14-4-2-3-7-17(14,8-9-18-16)15(12)11-13/h5-6,11,14,16,18H,2-4,7-10H2,1H3/t14?,16-,17-/m1/s1. The number of hydrogen-bond donors (Lipinski definition) is 1. The fourth-order valence-corrected chi connectivity index (χ4v) is 5.03. The summed E-state index contributed by atoms with van der Waals surface area (Å²) in [6.45, 7) is 1.19. The first kappa shape index (κ1) is 11.8. The van der Waals surface area contributed by atoms with Gasteiger partial charge in [0.2, 0.25) is 0 Å². The topological polar surface area (TPSA) is 21.3 Å². The predicted octanol–water partition coefficient (Wildman–Crippen LogP) is 3.04. The first-order valence-corrected chi connectivity index (χ1v) is 7.74. The summed E-state index contributed by atoms with van der Waals surface area (Å²) < 4.78 is 5.48. The second kappa shape index (κ2) is 4.24. The van der Waals surface area contributed by atoms with Gasteiger partial charge in [0.15, 0.2) is 0 Å². The quantitative estimate of drug-likeness (QED) is 0.835. The lowest BCUT2D eigenvalue weighted by Gasteiger charge is -2.56. The van der Waals surface area contributed by atoms with Gasteiger partial charge in [-0.3, -0.25) is 0 Å². The van der Waals surface area contributed by atoms with Gasteiger partial charge in [-0.15, -0.1) is 0 Å². The van der Waals surface area contributed by atoms with E-state index in [2.05, 4.69) is 23.5 Å². The zero-order chi connectivity index (χ0) is 12.9. The Labute approximate surface area is 115 Å². The Balaban J connectivity index is 1.88. The highest BCUT2D eigenvalue weighted by Gasteiger charge is 2.51. The molecule has 3 atom stereocenters. The largest absolute Gasteiger partial charge is 0.497 e. The van der Waals surface area contributed by atoms with Crippen LogP contribution >= 0.6 is 0 Å². The second-order valence-corrected chi connectivity index (χ2v) is 6.55. The van der Waals surface area contributed by atoms with Gasteiger partial charge in [-0.25, -0.2) is 0 Å². The first-order valence-electron chi connectivity index (χ1n) is 7.74. The highest BCUT2D eigenvalue weighted by Crippen LogP contribution is 2.54. The van der Waals surface area contributed by atoms with Crippen molar-refractivity contribution < 1.29 is 4.74 Å². The van der Waals surface area contributed by atoms with E-state index in [-0.39, 0.29) is 0 Å². The van der Waals surface area contributed by atoms with Crippen LogP contribution in [0.3, 0.4) is 0 Å². The molecule has 0 amide bonds. The van der Waals surface area contributed by atoms with Crippen molar-refractivity contribution in [1.82, 2.24) is 5.32 Å². The Bertz CT molecular complexity index is 494. The minimum atomic E-state index is 0.455. The number of hydrogen-bond acceptors (Lipinski definition) is 2. The van der Waals surface area contributed by atoms with E-state index in [4.69, 9.17) is 4.74 Å². The van der Waals surface area contributed by atoms with Crippen LogP contribution < -0.4 is 10.1 Å². The molecule has 2 nitrogen and oxygen atoms in total. The average Bonchev–Trinajstić information content (AvgIpc) is 2.47. The number of benzene rings is 1. The van der Waals surface area contributed by atoms with Crippen molar-refractivity contribution in [3.05, 3.63) is 29.3 Å². The first-order chi connectivity index (χ1) is 9.33. The summed E-state index contributed by atoms with van der Waals surface area (Å²) in [4.78, 5) is 0. The smallest absolute Gasteiger partial charge is 0.119 e. The Hall–Kier alpha value is -1.02. The van der Waals surface area contributed by atoms with Crippen molar-refractivity contribution in [2.75, 3.05) is 13.7 Å². The number of ether oxygens (including phenoxy) is 1. The summed E-state index contributed by atoms with van der Waals surface area (Å²) in [5.41, 5.74) is 3.64. The molecule has 19 heavy (non-hydrogen) atoms. The summed E-state index contributed by atoms with van der Waals surface area (Å²) >= 11 is 0. The van der Waals surface area contributed by atoms with Crippen molar-refractivity contribution in [2.24, 2.45) is 5.92 Å². The molecule has 2 bridgehead atoms. The maximum Gasteiger partial charge on any atom is 0.119 e. The van der Waals surface area contributed by atoms with Crippen molar-refractivity contribution >= 4 is 0 Å². The van der Waals surface area contributed by atoms with Crippen molar-refractivity contribution in [3.63, 3.8) is 0 Å². The maximum atomic E-state index is 5.48. The fourth-order valence-electron chi connectivity index (χ4n) is 5.03. The summed E-state index contributed by atoms with van der Waals surface area (Å²) in [6, 6.07) is 7.50. The van der Waals surface area contributed by atoms with E-state index < -0.39 is 0 Å². The van der Waals surface area contributed by atoms with E-state index in [1.54, 1.807) is 18.2 Å². The van der Waals surface area contributed by atoms with Crippen molar-refractivity contribution in [2.45, 2.75) is 50.0 Å². The van der Waals surface area contributed by atoms with Gasteiger partial charge in [-0.05, 0) is 61.4 Å². The van der Waals surface area contributed by atoms with Crippen LogP contribution in [-0.4, -0.2) is 19.7 Å². The Morgan fingerprint density at radius 2 is 2.21 bits per heavy atom. The van der Waals surface area contributed by atoms with Gasteiger partial charge in [0, 0.05) is 11.5 Å².